The van der Waals surface area contributed by atoms with Gasteiger partial charge in [0.1, 0.15) is 0 Å². The van der Waals surface area contributed by atoms with Gasteiger partial charge in [-0.1, -0.05) is 0 Å². The van der Waals surface area contributed by atoms with Crippen molar-refractivity contribution in [2.75, 3.05) is 20.2 Å². The number of amides is 2. The van der Waals surface area contributed by atoms with Gasteiger partial charge < -0.3 is 20.4 Å². The Morgan fingerprint density at radius 2 is 1.89 bits per heavy atom. The third-order valence-corrected chi connectivity index (χ3v) is 3.66. The largest absolute Gasteiger partial charge is 0.481 e. The molecule has 1 fully saturated rings. The van der Waals surface area contributed by atoms with E-state index in [9.17, 15) is 9.59 Å². The molecule has 6 heteroatoms. The van der Waals surface area contributed by atoms with Crippen LogP contribution in [0.25, 0.3) is 0 Å². The lowest BCUT2D eigenvalue weighted by molar-refractivity contribution is -0.137. The molecule has 0 heterocycles. The summed E-state index contributed by atoms with van der Waals surface area (Å²) < 4.78 is 0. The van der Waals surface area contributed by atoms with Crippen LogP contribution in [-0.2, 0) is 4.79 Å². The fraction of sp³-hybridized carbons (Fsp3) is 0.846. The zero-order valence-electron chi connectivity index (χ0n) is 11.5. The van der Waals surface area contributed by atoms with Crippen LogP contribution in [0.5, 0.6) is 0 Å². The number of nitrogens with one attached hydrogen (secondary N) is 1. The van der Waals surface area contributed by atoms with E-state index in [4.69, 9.17) is 10.2 Å². The summed E-state index contributed by atoms with van der Waals surface area (Å²) >= 11 is 0. The number of aliphatic carboxylic acids is 1. The van der Waals surface area contributed by atoms with Gasteiger partial charge in [-0.05, 0) is 38.0 Å². The van der Waals surface area contributed by atoms with Crippen molar-refractivity contribution in [2.24, 2.45) is 5.92 Å². The minimum absolute atomic E-state index is 0.0826. The van der Waals surface area contributed by atoms with Gasteiger partial charge in [0.05, 0.1) is 0 Å². The molecule has 3 N–H and O–H groups in total. The van der Waals surface area contributed by atoms with Gasteiger partial charge in [0.25, 0.3) is 0 Å². The highest BCUT2D eigenvalue weighted by Gasteiger charge is 2.22. The molecule has 1 saturated carbocycles. The van der Waals surface area contributed by atoms with Gasteiger partial charge in [-0.2, -0.15) is 0 Å². The molecule has 0 aromatic heterocycles. The Labute approximate surface area is 113 Å². The third kappa shape index (κ3) is 5.92. The second-order valence-corrected chi connectivity index (χ2v) is 5.27. The van der Waals surface area contributed by atoms with Crippen LogP contribution < -0.4 is 5.32 Å². The fourth-order valence-electron chi connectivity index (χ4n) is 2.34. The van der Waals surface area contributed by atoms with Crippen LogP contribution in [0.3, 0.4) is 0 Å². The normalized spacial score (nSPS) is 22.8. The van der Waals surface area contributed by atoms with Gasteiger partial charge in [0, 0.05) is 32.7 Å². The molecule has 0 aliphatic heterocycles. The van der Waals surface area contributed by atoms with Crippen molar-refractivity contribution in [1.82, 2.24) is 10.2 Å². The maximum absolute atomic E-state index is 11.9. The van der Waals surface area contributed by atoms with E-state index in [2.05, 4.69) is 5.32 Å². The van der Waals surface area contributed by atoms with Crippen LogP contribution in [0.15, 0.2) is 0 Å². The summed E-state index contributed by atoms with van der Waals surface area (Å²) in [6.07, 6.45) is 4.25. The number of carboxylic acid groups (broad SMARTS) is 1. The molecule has 1 aliphatic rings. The number of rotatable bonds is 6. The van der Waals surface area contributed by atoms with Gasteiger partial charge in [-0.25, -0.2) is 4.79 Å². The Bertz CT molecular complexity index is 301. The van der Waals surface area contributed by atoms with E-state index in [1.54, 1.807) is 7.05 Å². The molecule has 0 radical (unpaired) electrons. The highest BCUT2D eigenvalue weighted by Crippen LogP contribution is 2.23. The van der Waals surface area contributed by atoms with Gasteiger partial charge in [-0.3, -0.25) is 4.79 Å². The van der Waals surface area contributed by atoms with Gasteiger partial charge in [-0.15, -0.1) is 0 Å². The molecule has 1 rings (SSSR count). The van der Waals surface area contributed by atoms with Crippen LogP contribution in [0.1, 0.15) is 38.5 Å². The van der Waals surface area contributed by atoms with Crippen LogP contribution in [0, 0.1) is 5.92 Å². The highest BCUT2D eigenvalue weighted by atomic mass is 16.4. The van der Waals surface area contributed by atoms with E-state index in [0.717, 1.165) is 25.7 Å². The Morgan fingerprint density at radius 3 is 2.42 bits per heavy atom. The number of aliphatic hydroxyl groups excluding tert-OH is 1. The first-order valence-electron chi connectivity index (χ1n) is 6.87. The number of carbonyl (C=O) groups is 2. The molecule has 0 bridgehead atoms. The standard InChI is InChI=1S/C13H24N2O4/c1-15(8-2-3-12(17)18)13(19)14-11-6-4-10(9-16)5-7-11/h10-11,16H,2-9H2,1H3,(H,14,19)(H,17,18). The number of carbonyl (C=O) groups excluding carboxylic acids is 1. The topological polar surface area (TPSA) is 89.9 Å². The summed E-state index contributed by atoms with van der Waals surface area (Å²) in [6.45, 7) is 0.680. The van der Waals surface area contributed by atoms with Crippen molar-refractivity contribution in [3.8, 4) is 0 Å². The van der Waals surface area contributed by atoms with E-state index < -0.39 is 5.97 Å². The molecule has 0 spiro atoms. The van der Waals surface area contributed by atoms with E-state index in [0.29, 0.717) is 18.9 Å². The molecule has 0 aromatic rings. The zero-order chi connectivity index (χ0) is 14.3. The van der Waals surface area contributed by atoms with Gasteiger partial charge in [0.2, 0.25) is 0 Å². The van der Waals surface area contributed by atoms with Crippen LogP contribution in [-0.4, -0.2) is 53.4 Å². The number of hydrogen-bond donors (Lipinski definition) is 3. The quantitative estimate of drug-likeness (QED) is 0.674. The van der Waals surface area contributed by atoms with Crippen molar-refractivity contribution in [3.63, 3.8) is 0 Å². The molecule has 0 saturated heterocycles. The third-order valence-electron chi connectivity index (χ3n) is 3.66. The van der Waals surface area contributed by atoms with Crippen molar-refractivity contribution >= 4 is 12.0 Å². The first-order valence-corrected chi connectivity index (χ1v) is 6.87. The van der Waals surface area contributed by atoms with E-state index in [-0.39, 0.29) is 25.1 Å². The summed E-state index contributed by atoms with van der Waals surface area (Å²) in [7, 11) is 1.68. The maximum Gasteiger partial charge on any atom is 0.317 e. The maximum atomic E-state index is 11.9. The van der Waals surface area contributed by atoms with Crippen molar-refractivity contribution in [1.29, 1.82) is 0 Å². The van der Waals surface area contributed by atoms with Gasteiger partial charge >= 0.3 is 12.0 Å². The molecular weight excluding hydrogens is 248 g/mol. The zero-order valence-corrected chi connectivity index (χ0v) is 11.5. The second-order valence-electron chi connectivity index (χ2n) is 5.27. The average Bonchev–Trinajstić information content (AvgIpc) is 2.39. The van der Waals surface area contributed by atoms with E-state index >= 15 is 0 Å². The monoisotopic (exact) mass is 272 g/mol. The van der Waals surface area contributed by atoms with Crippen LogP contribution >= 0.6 is 0 Å². The predicted molar refractivity (Wildman–Crippen MR) is 70.9 cm³/mol. The van der Waals surface area contributed by atoms with Crippen LogP contribution in [0.2, 0.25) is 0 Å². The number of carboxylic acids is 1. The smallest absolute Gasteiger partial charge is 0.317 e. The lowest BCUT2D eigenvalue weighted by atomic mass is 9.87. The lowest BCUT2D eigenvalue weighted by Crippen LogP contribution is -2.45. The van der Waals surface area contributed by atoms with Crippen molar-refractivity contribution in [3.05, 3.63) is 0 Å². The number of nitrogens with zero attached hydrogens (tertiary/aromatic N) is 1. The molecular formula is C13H24N2O4. The summed E-state index contributed by atoms with van der Waals surface area (Å²) in [6, 6.07) is 0.0371. The van der Waals surface area contributed by atoms with E-state index in [1.807, 2.05) is 0 Å². The second kappa shape index (κ2) is 7.99. The summed E-state index contributed by atoms with van der Waals surface area (Å²) in [4.78, 5) is 23.8. The molecule has 2 amide bonds. The van der Waals surface area contributed by atoms with Crippen molar-refractivity contribution < 1.29 is 19.8 Å². The Hall–Kier alpha value is -1.30. The SMILES string of the molecule is CN(CCCC(=O)O)C(=O)NC1CCC(CO)CC1. The van der Waals surface area contributed by atoms with Crippen molar-refractivity contribution in [2.45, 2.75) is 44.6 Å². The Morgan fingerprint density at radius 1 is 1.26 bits per heavy atom. The number of aliphatic hydroxyl groups is 1. The number of hydrogen-bond acceptors (Lipinski definition) is 3. The minimum Gasteiger partial charge on any atom is -0.481 e. The molecule has 1 aliphatic carbocycles. The molecule has 6 nitrogen and oxygen atoms in total. The molecule has 110 valence electrons. The summed E-state index contributed by atoms with van der Waals surface area (Å²) in [5, 5.41) is 20.5. The molecule has 19 heavy (non-hydrogen) atoms. The molecule has 0 aromatic carbocycles. The first-order chi connectivity index (χ1) is 9.02. The minimum atomic E-state index is -0.837. The lowest BCUT2D eigenvalue weighted by Gasteiger charge is -2.29. The Kier molecular flexibility index (Phi) is 6.62. The summed E-state index contributed by atoms with van der Waals surface area (Å²) in [5.41, 5.74) is 0. The van der Waals surface area contributed by atoms with Gasteiger partial charge in [0.15, 0.2) is 0 Å². The molecule has 0 atom stereocenters. The average molecular weight is 272 g/mol. The molecule has 0 unspecified atom stereocenters. The van der Waals surface area contributed by atoms with Crippen LogP contribution in [0.4, 0.5) is 4.79 Å². The fourth-order valence-corrected chi connectivity index (χ4v) is 2.34. The van der Waals surface area contributed by atoms with E-state index in [1.165, 1.54) is 4.90 Å². The predicted octanol–water partition coefficient (Wildman–Crippen LogP) is 1.04. The highest BCUT2D eigenvalue weighted by molar-refractivity contribution is 5.74. The number of urea groups is 1. The Balaban J connectivity index is 2.21. The first kappa shape index (κ1) is 15.8. The summed E-state index contributed by atoms with van der Waals surface area (Å²) in [5.74, 6) is -0.461.